The highest BCUT2D eigenvalue weighted by atomic mass is 79.9. The Balaban J connectivity index is 2.45. The summed E-state index contributed by atoms with van der Waals surface area (Å²) in [4.78, 5) is 0. The molecule has 2 rings (SSSR count). The van der Waals surface area contributed by atoms with Crippen LogP contribution >= 0.6 is 15.9 Å². The Morgan fingerprint density at radius 2 is 2.19 bits per heavy atom. The molecule has 2 N–H and O–H groups in total. The molecule has 0 bridgehead atoms. The molecule has 3 nitrogen and oxygen atoms in total. The van der Waals surface area contributed by atoms with Crippen LogP contribution in [0.2, 0.25) is 0 Å². The van der Waals surface area contributed by atoms with E-state index in [0.29, 0.717) is 11.4 Å². The van der Waals surface area contributed by atoms with Crippen LogP contribution < -0.4 is 5.73 Å². The molecule has 1 atom stereocenters. The molecule has 1 heterocycles. The number of hydrogen-bond donors (Lipinski definition) is 1. The molecule has 0 saturated heterocycles. The second kappa shape index (κ2) is 4.25. The number of nitrogen functional groups attached to an aromatic ring is 1. The summed E-state index contributed by atoms with van der Waals surface area (Å²) in [5, 5.41) is 4.07. The van der Waals surface area contributed by atoms with Crippen molar-refractivity contribution in [3.63, 3.8) is 0 Å². The minimum atomic E-state index is -0.259. The zero-order valence-electron chi connectivity index (χ0n) is 8.69. The summed E-state index contributed by atoms with van der Waals surface area (Å²) in [6, 6.07) is 6.29. The molecule has 0 aliphatic heterocycles. The second-order valence-corrected chi connectivity index (χ2v) is 4.46. The van der Waals surface area contributed by atoms with Gasteiger partial charge in [0.1, 0.15) is 11.6 Å². The minimum absolute atomic E-state index is 0.229. The number of anilines is 1. The molecular formula is C11H11BrFN3. The monoisotopic (exact) mass is 283 g/mol. The van der Waals surface area contributed by atoms with Crippen molar-refractivity contribution in [3.05, 3.63) is 46.3 Å². The second-order valence-electron chi connectivity index (χ2n) is 3.54. The number of nitrogens with zero attached hydrogens (tertiary/aromatic N) is 2. The van der Waals surface area contributed by atoms with Crippen LogP contribution in [0.4, 0.5) is 10.2 Å². The molecule has 16 heavy (non-hydrogen) atoms. The fourth-order valence-electron chi connectivity index (χ4n) is 1.61. The Bertz CT molecular complexity index is 510. The molecule has 0 aliphatic carbocycles. The summed E-state index contributed by atoms with van der Waals surface area (Å²) in [6.45, 7) is 1.86. The van der Waals surface area contributed by atoms with E-state index in [1.54, 1.807) is 29.1 Å². The molecule has 0 amide bonds. The summed E-state index contributed by atoms with van der Waals surface area (Å²) in [5.41, 5.74) is 6.29. The Morgan fingerprint density at radius 1 is 1.44 bits per heavy atom. The number of halogens is 2. The third kappa shape index (κ3) is 1.95. The first kappa shape index (κ1) is 11.1. The van der Waals surface area contributed by atoms with E-state index in [2.05, 4.69) is 21.0 Å². The summed E-state index contributed by atoms with van der Waals surface area (Å²) in [7, 11) is 0. The van der Waals surface area contributed by atoms with Crippen LogP contribution in [0.15, 0.2) is 34.9 Å². The minimum Gasteiger partial charge on any atom is -0.384 e. The van der Waals surface area contributed by atoms with E-state index in [1.807, 2.05) is 6.92 Å². The molecule has 1 unspecified atom stereocenters. The number of hydrogen-bond acceptors (Lipinski definition) is 2. The number of aromatic nitrogens is 2. The van der Waals surface area contributed by atoms with Gasteiger partial charge < -0.3 is 5.73 Å². The van der Waals surface area contributed by atoms with Crippen molar-refractivity contribution in [2.45, 2.75) is 13.0 Å². The molecule has 5 heteroatoms. The average Bonchev–Trinajstić information content (AvgIpc) is 2.67. The summed E-state index contributed by atoms with van der Waals surface area (Å²) >= 11 is 3.32. The number of nitrogens with two attached hydrogens (primary N) is 1. The summed E-state index contributed by atoms with van der Waals surface area (Å²) < 4.78 is 16.1. The van der Waals surface area contributed by atoms with Crippen molar-refractivity contribution < 1.29 is 4.39 Å². The highest BCUT2D eigenvalue weighted by molar-refractivity contribution is 9.10. The molecule has 0 fully saturated rings. The van der Waals surface area contributed by atoms with E-state index >= 15 is 0 Å². The first-order valence-corrected chi connectivity index (χ1v) is 5.63. The van der Waals surface area contributed by atoms with Gasteiger partial charge >= 0.3 is 0 Å². The molecule has 1 aromatic heterocycles. The van der Waals surface area contributed by atoms with Gasteiger partial charge in [0.15, 0.2) is 0 Å². The highest BCUT2D eigenvalue weighted by Crippen LogP contribution is 2.25. The van der Waals surface area contributed by atoms with E-state index in [-0.39, 0.29) is 11.9 Å². The molecule has 0 radical (unpaired) electrons. The van der Waals surface area contributed by atoms with E-state index in [1.165, 1.54) is 6.07 Å². The van der Waals surface area contributed by atoms with Crippen molar-refractivity contribution >= 4 is 21.7 Å². The van der Waals surface area contributed by atoms with Gasteiger partial charge in [-0.15, -0.1) is 0 Å². The van der Waals surface area contributed by atoms with Gasteiger partial charge in [0.05, 0.1) is 12.2 Å². The maximum absolute atomic E-state index is 13.6. The van der Waals surface area contributed by atoms with Gasteiger partial charge in [-0.25, -0.2) is 9.07 Å². The predicted octanol–water partition coefficient (Wildman–Crippen LogP) is 2.98. The van der Waals surface area contributed by atoms with Crippen LogP contribution in [0, 0.1) is 5.82 Å². The van der Waals surface area contributed by atoms with Crippen molar-refractivity contribution in [2.75, 3.05) is 5.73 Å². The van der Waals surface area contributed by atoms with Gasteiger partial charge in [0.2, 0.25) is 0 Å². The zero-order chi connectivity index (χ0) is 11.7. The lowest BCUT2D eigenvalue weighted by Crippen LogP contribution is -2.12. The Kier molecular flexibility index (Phi) is 2.96. The van der Waals surface area contributed by atoms with Gasteiger partial charge in [-0.3, -0.25) is 0 Å². The fraction of sp³-hybridized carbons (Fsp3) is 0.182. The quantitative estimate of drug-likeness (QED) is 0.921. The maximum Gasteiger partial charge on any atom is 0.128 e. The molecule has 2 aromatic rings. The lowest BCUT2D eigenvalue weighted by atomic mass is 10.1. The standard InChI is InChI=1S/C11H11BrFN3/c1-7(16-11(14)4-5-15-16)9-6-8(12)2-3-10(9)13/h2-7H,14H2,1H3. The van der Waals surface area contributed by atoms with Crippen molar-refractivity contribution in [1.82, 2.24) is 9.78 Å². The van der Waals surface area contributed by atoms with Gasteiger partial charge in [-0.1, -0.05) is 15.9 Å². The lowest BCUT2D eigenvalue weighted by molar-refractivity contribution is 0.526. The lowest BCUT2D eigenvalue weighted by Gasteiger charge is -2.15. The molecule has 0 spiro atoms. The summed E-state index contributed by atoms with van der Waals surface area (Å²) in [6.07, 6.45) is 1.60. The average molecular weight is 284 g/mol. The van der Waals surface area contributed by atoms with Crippen LogP contribution in [0.1, 0.15) is 18.5 Å². The largest absolute Gasteiger partial charge is 0.384 e. The SMILES string of the molecule is CC(c1cc(Br)ccc1F)n1nccc1N. The van der Waals surface area contributed by atoms with Crippen LogP contribution in [0.25, 0.3) is 0 Å². The third-order valence-electron chi connectivity index (χ3n) is 2.48. The van der Waals surface area contributed by atoms with Crippen LogP contribution in [0.5, 0.6) is 0 Å². The maximum atomic E-state index is 13.6. The number of benzene rings is 1. The van der Waals surface area contributed by atoms with Crippen LogP contribution in [-0.4, -0.2) is 9.78 Å². The van der Waals surface area contributed by atoms with Gasteiger partial charge in [-0.2, -0.15) is 5.10 Å². The Morgan fingerprint density at radius 3 is 2.81 bits per heavy atom. The van der Waals surface area contributed by atoms with Crippen molar-refractivity contribution in [2.24, 2.45) is 0 Å². The van der Waals surface area contributed by atoms with Crippen LogP contribution in [-0.2, 0) is 0 Å². The topological polar surface area (TPSA) is 43.8 Å². The van der Waals surface area contributed by atoms with E-state index < -0.39 is 0 Å². The van der Waals surface area contributed by atoms with Crippen LogP contribution in [0.3, 0.4) is 0 Å². The highest BCUT2D eigenvalue weighted by Gasteiger charge is 2.15. The Labute approximate surface area is 101 Å². The van der Waals surface area contributed by atoms with Crippen molar-refractivity contribution in [1.29, 1.82) is 0 Å². The van der Waals surface area contributed by atoms with Gasteiger partial charge in [-0.05, 0) is 31.2 Å². The van der Waals surface area contributed by atoms with Gasteiger partial charge in [0, 0.05) is 10.0 Å². The molecule has 0 aliphatic rings. The smallest absolute Gasteiger partial charge is 0.128 e. The molecule has 84 valence electrons. The summed E-state index contributed by atoms with van der Waals surface area (Å²) in [5.74, 6) is 0.262. The zero-order valence-corrected chi connectivity index (χ0v) is 10.3. The fourth-order valence-corrected chi connectivity index (χ4v) is 1.99. The predicted molar refractivity (Wildman–Crippen MR) is 64.6 cm³/mol. The Hall–Kier alpha value is -1.36. The first-order valence-electron chi connectivity index (χ1n) is 4.83. The number of rotatable bonds is 2. The van der Waals surface area contributed by atoms with Gasteiger partial charge in [0.25, 0.3) is 0 Å². The normalized spacial score (nSPS) is 12.7. The third-order valence-corrected chi connectivity index (χ3v) is 2.97. The van der Waals surface area contributed by atoms with E-state index in [0.717, 1.165) is 4.47 Å². The molecule has 1 aromatic carbocycles. The first-order chi connectivity index (χ1) is 7.59. The molecular weight excluding hydrogens is 273 g/mol. The van der Waals surface area contributed by atoms with Crippen molar-refractivity contribution in [3.8, 4) is 0 Å². The van der Waals surface area contributed by atoms with E-state index in [9.17, 15) is 4.39 Å². The molecule has 0 saturated carbocycles. The van der Waals surface area contributed by atoms with E-state index in [4.69, 9.17) is 5.73 Å².